The van der Waals surface area contributed by atoms with Crippen molar-refractivity contribution < 1.29 is 24.6 Å². The van der Waals surface area contributed by atoms with Crippen LogP contribution in [0, 0.1) is 5.92 Å². The third-order valence-electron chi connectivity index (χ3n) is 3.87. The van der Waals surface area contributed by atoms with Gasteiger partial charge in [-0.3, -0.25) is 14.5 Å². The highest BCUT2D eigenvalue weighted by Gasteiger charge is 2.57. The zero-order valence-corrected chi connectivity index (χ0v) is 12.9. The molecule has 1 aromatic carbocycles. The Hall–Kier alpha value is -2.32. The van der Waals surface area contributed by atoms with Crippen molar-refractivity contribution in [2.45, 2.75) is 18.4 Å². The number of hydrogen-bond acceptors (Lipinski definition) is 5. The van der Waals surface area contributed by atoms with Crippen molar-refractivity contribution >= 4 is 40.6 Å². The summed E-state index contributed by atoms with van der Waals surface area (Å²) in [7, 11) is 0. The van der Waals surface area contributed by atoms with E-state index in [1.54, 1.807) is 24.3 Å². The fourth-order valence-electron chi connectivity index (χ4n) is 2.77. The lowest BCUT2D eigenvalue weighted by molar-refractivity contribution is -0.156. The number of hydrogen-bond donors (Lipinski definition) is 3. The van der Waals surface area contributed by atoms with Crippen molar-refractivity contribution in [3.63, 3.8) is 0 Å². The van der Waals surface area contributed by atoms with Gasteiger partial charge in [0, 0.05) is 10.6 Å². The molecule has 0 aliphatic carbocycles. The number of aliphatic hydroxyl groups excluding tert-OH is 1. The van der Waals surface area contributed by atoms with E-state index in [0.29, 0.717) is 22.6 Å². The van der Waals surface area contributed by atoms with E-state index in [1.165, 1.54) is 23.6 Å². The molecule has 8 heteroatoms. The number of rotatable bonds is 5. The Morgan fingerprint density at radius 1 is 1.39 bits per heavy atom. The highest BCUT2D eigenvalue weighted by molar-refractivity contribution is 8.09. The highest BCUT2D eigenvalue weighted by Crippen LogP contribution is 2.53. The second-order valence-corrected chi connectivity index (χ2v) is 6.43. The van der Waals surface area contributed by atoms with Gasteiger partial charge in [0.05, 0.1) is 12.0 Å². The minimum Gasteiger partial charge on any atom is -0.477 e. The Labute approximate surface area is 136 Å². The number of benzene rings is 1. The maximum Gasteiger partial charge on any atom is 0.353 e. The summed E-state index contributed by atoms with van der Waals surface area (Å²) in [4.78, 5) is 35.8. The van der Waals surface area contributed by atoms with Crippen LogP contribution in [0.25, 0.3) is 4.91 Å². The van der Waals surface area contributed by atoms with Gasteiger partial charge in [-0.05, 0) is 24.6 Å². The first-order valence-electron chi connectivity index (χ1n) is 6.91. The number of amides is 2. The predicted octanol–water partition coefficient (Wildman–Crippen LogP) is 0.920. The molecule has 7 nitrogen and oxygen atoms in total. The van der Waals surface area contributed by atoms with Crippen LogP contribution < -0.4 is 5.32 Å². The van der Waals surface area contributed by atoms with Crippen LogP contribution in [0.2, 0.25) is 0 Å². The number of aliphatic carboxylic acids is 1. The van der Waals surface area contributed by atoms with E-state index in [-0.39, 0.29) is 11.6 Å². The van der Waals surface area contributed by atoms with Crippen LogP contribution in [-0.4, -0.2) is 44.9 Å². The molecule has 1 aromatic rings. The van der Waals surface area contributed by atoms with Crippen molar-refractivity contribution in [3.8, 4) is 0 Å². The van der Waals surface area contributed by atoms with Crippen molar-refractivity contribution in [1.82, 2.24) is 4.90 Å². The van der Waals surface area contributed by atoms with Gasteiger partial charge in [-0.15, -0.1) is 0 Å². The SMILES string of the molecule is C[C@@H](O)[C@H]1C(=O)N2C(C(=O)O)=C(c3ccc(NC=O)cc3)S[C@H]12. The number of nitrogens with one attached hydrogen (secondary N) is 1. The van der Waals surface area contributed by atoms with Crippen molar-refractivity contribution in [3.05, 3.63) is 35.5 Å². The van der Waals surface area contributed by atoms with Gasteiger partial charge in [0.25, 0.3) is 0 Å². The molecule has 23 heavy (non-hydrogen) atoms. The topological polar surface area (TPSA) is 107 Å². The Morgan fingerprint density at radius 2 is 2.04 bits per heavy atom. The minimum atomic E-state index is -1.18. The second-order valence-electron chi connectivity index (χ2n) is 5.31. The number of carbonyl (C=O) groups is 3. The maximum absolute atomic E-state index is 12.1. The number of fused-ring (bicyclic) bond motifs is 1. The first-order valence-corrected chi connectivity index (χ1v) is 7.79. The summed E-state index contributed by atoms with van der Waals surface area (Å²) in [6.07, 6.45) is -0.274. The summed E-state index contributed by atoms with van der Waals surface area (Å²) in [6, 6.07) is 6.68. The van der Waals surface area contributed by atoms with Crippen LogP contribution in [-0.2, 0) is 14.4 Å². The summed E-state index contributed by atoms with van der Waals surface area (Å²) in [5.74, 6) is -2.14. The number of anilines is 1. The zero-order valence-electron chi connectivity index (χ0n) is 12.1. The normalized spacial score (nSPS) is 24.1. The van der Waals surface area contributed by atoms with E-state index in [0.717, 1.165) is 0 Å². The molecule has 0 unspecified atom stereocenters. The summed E-state index contributed by atoms with van der Waals surface area (Å²) in [5.41, 5.74) is 1.18. The van der Waals surface area contributed by atoms with Gasteiger partial charge >= 0.3 is 5.97 Å². The van der Waals surface area contributed by atoms with Gasteiger partial charge in [-0.25, -0.2) is 4.79 Å². The summed E-state index contributed by atoms with van der Waals surface area (Å²) >= 11 is 1.26. The van der Waals surface area contributed by atoms with E-state index in [4.69, 9.17) is 0 Å². The van der Waals surface area contributed by atoms with Gasteiger partial charge in [-0.2, -0.15) is 0 Å². The molecule has 0 aromatic heterocycles. The molecule has 120 valence electrons. The third-order valence-corrected chi connectivity index (χ3v) is 5.28. The number of carboxylic acid groups (broad SMARTS) is 1. The number of carbonyl (C=O) groups excluding carboxylic acids is 2. The van der Waals surface area contributed by atoms with E-state index >= 15 is 0 Å². The fourth-order valence-corrected chi connectivity index (χ4v) is 4.39. The molecule has 2 heterocycles. The van der Waals surface area contributed by atoms with Gasteiger partial charge in [-0.1, -0.05) is 23.9 Å². The Kier molecular flexibility index (Phi) is 3.87. The van der Waals surface area contributed by atoms with E-state index in [9.17, 15) is 24.6 Å². The molecule has 3 atom stereocenters. The van der Waals surface area contributed by atoms with Crippen LogP contribution in [0.5, 0.6) is 0 Å². The van der Waals surface area contributed by atoms with Gasteiger partial charge in [0.15, 0.2) is 0 Å². The van der Waals surface area contributed by atoms with Crippen LogP contribution in [0.15, 0.2) is 30.0 Å². The zero-order chi connectivity index (χ0) is 16.7. The van der Waals surface area contributed by atoms with Crippen LogP contribution in [0.1, 0.15) is 12.5 Å². The first kappa shape index (κ1) is 15.6. The third kappa shape index (κ3) is 2.40. The molecule has 3 rings (SSSR count). The average molecular weight is 334 g/mol. The molecular formula is C15H14N2O5S. The summed E-state index contributed by atoms with van der Waals surface area (Å²) in [6.45, 7) is 1.53. The standard InChI is InChI=1S/C15H14N2O5S/c1-7(19)10-13(20)17-11(15(21)22)12(23-14(10)17)8-2-4-9(5-3-8)16-6-18/h2-7,10,14,19H,1H3,(H,16,18)(H,21,22)/t7-,10+,14-/m1/s1. The average Bonchev–Trinajstić information content (AvgIpc) is 2.83. The molecule has 2 aliphatic rings. The molecule has 2 amide bonds. The number of β-lactam (4-membered cyclic amide) rings is 1. The minimum absolute atomic E-state index is 0.0574. The lowest BCUT2D eigenvalue weighted by Crippen LogP contribution is -2.60. The van der Waals surface area contributed by atoms with Gasteiger partial charge in [0.2, 0.25) is 12.3 Å². The Morgan fingerprint density at radius 3 is 2.57 bits per heavy atom. The molecule has 2 aliphatic heterocycles. The Balaban J connectivity index is 1.96. The highest BCUT2D eigenvalue weighted by atomic mass is 32.2. The Bertz CT molecular complexity index is 713. The molecule has 0 saturated carbocycles. The van der Waals surface area contributed by atoms with E-state index < -0.39 is 23.4 Å². The summed E-state index contributed by atoms with van der Waals surface area (Å²) in [5, 5.41) is 21.3. The van der Waals surface area contributed by atoms with E-state index in [2.05, 4.69) is 5.32 Å². The summed E-state index contributed by atoms with van der Waals surface area (Å²) < 4.78 is 0. The number of aliphatic hydroxyl groups is 1. The smallest absolute Gasteiger partial charge is 0.353 e. The molecule has 3 N–H and O–H groups in total. The second kappa shape index (κ2) is 5.71. The van der Waals surface area contributed by atoms with E-state index in [1.807, 2.05) is 0 Å². The molecule has 1 fully saturated rings. The number of carboxylic acids is 1. The maximum atomic E-state index is 12.1. The van der Waals surface area contributed by atoms with Crippen molar-refractivity contribution in [2.24, 2.45) is 5.92 Å². The first-order chi connectivity index (χ1) is 11.0. The predicted molar refractivity (Wildman–Crippen MR) is 84.1 cm³/mol. The van der Waals surface area contributed by atoms with Gasteiger partial charge in [0.1, 0.15) is 11.1 Å². The quantitative estimate of drug-likeness (QED) is 0.546. The molecule has 0 bridgehead atoms. The van der Waals surface area contributed by atoms with Gasteiger partial charge < -0.3 is 15.5 Å². The fraction of sp³-hybridized carbons (Fsp3) is 0.267. The largest absolute Gasteiger partial charge is 0.477 e. The molecular weight excluding hydrogens is 320 g/mol. The van der Waals surface area contributed by atoms with Crippen LogP contribution in [0.3, 0.4) is 0 Å². The lowest BCUT2D eigenvalue weighted by atomic mass is 9.92. The lowest BCUT2D eigenvalue weighted by Gasteiger charge is -2.43. The van der Waals surface area contributed by atoms with Crippen molar-refractivity contribution in [1.29, 1.82) is 0 Å². The van der Waals surface area contributed by atoms with Crippen LogP contribution >= 0.6 is 11.8 Å². The molecule has 0 radical (unpaired) electrons. The van der Waals surface area contributed by atoms with Crippen molar-refractivity contribution in [2.75, 3.05) is 5.32 Å². The monoisotopic (exact) mass is 334 g/mol. The molecule has 1 saturated heterocycles. The number of nitrogens with zero attached hydrogens (tertiary/aromatic N) is 1. The number of thioether (sulfide) groups is 1. The van der Waals surface area contributed by atoms with Crippen LogP contribution in [0.4, 0.5) is 5.69 Å². The molecule has 0 spiro atoms.